The molecule has 0 atom stereocenters. The van der Waals surface area contributed by atoms with Gasteiger partial charge in [-0.2, -0.15) is 4.98 Å². The summed E-state index contributed by atoms with van der Waals surface area (Å²) < 4.78 is 10.5. The summed E-state index contributed by atoms with van der Waals surface area (Å²) in [7, 11) is 0. The molecule has 1 heterocycles. The molecule has 0 saturated heterocycles. The summed E-state index contributed by atoms with van der Waals surface area (Å²) in [5.74, 6) is -0.0596. The van der Waals surface area contributed by atoms with Gasteiger partial charge in [-0.05, 0) is 48.5 Å². The van der Waals surface area contributed by atoms with E-state index in [0.717, 1.165) is 0 Å². The normalized spacial score (nSPS) is 11.8. The molecule has 0 unspecified atom stereocenters. The van der Waals surface area contributed by atoms with Crippen molar-refractivity contribution >= 4 is 24.0 Å². The van der Waals surface area contributed by atoms with E-state index in [2.05, 4.69) is 9.97 Å². The maximum absolute atomic E-state index is 12.4. The maximum atomic E-state index is 12.4. The first-order valence-electron chi connectivity index (χ1n) is 7.16. The quantitative estimate of drug-likeness (QED) is 0.845. The van der Waals surface area contributed by atoms with Gasteiger partial charge in [-0.25, -0.2) is 14.6 Å². The minimum atomic E-state index is -0.934. The third-order valence-electron chi connectivity index (χ3n) is 2.21. The van der Waals surface area contributed by atoms with Crippen LogP contribution in [0.3, 0.4) is 0 Å². The van der Waals surface area contributed by atoms with Crippen molar-refractivity contribution in [3.63, 3.8) is 0 Å². The lowest BCUT2D eigenvalue weighted by Crippen LogP contribution is -2.44. The van der Waals surface area contributed by atoms with Crippen LogP contribution in [0.5, 0.6) is 0 Å². The van der Waals surface area contributed by atoms with Crippen LogP contribution in [0.2, 0.25) is 0 Å². The SMILES string of the molecule is Cc1cc(N)nc(N(C(=O)OC(C)(C)C)C(=O)OC(C)(C)C)n1. The highest BCUT2D eigenvalue weighted by Crippen LogP contribution is 2.20. The summed E-state index contributed by atoms with van der Waals surface area (Å²) in [6.45, 7) is 11.8. The molecule has 1 aromatic heterocycles. The molecule has 1 rings (SSSR count). The topological polar surface area (TPSA) is 108 Å². The Balaban J connectivity index is 3.25. The van der Waals surface area contributed by atoms with Crippen molar-refractivity contribution in [1.82, 2.24) is 9.97 Å². The zero-order valence-electron chi connectivity index (χ0n) is 14.6. The van der Waals surface area contributed by atoms with Crippen LogP contribution in [-0.2, 0) is 9.47 Å². The number of nitrogen functional groups attached to an aromatic ring is 1. The van der Waals surface area contributed by atoms with E-state index in [9.17, 15) is 9.59 Å². The number of nitrogens with two attached hydrogens (primary N) is 1. The second-order valence-electron chi connectivity index (χ2n) is 7.03. The lowest BCUT2D eigenvalue weighted by Gasteiger charge is -2.27. The molecule has 2 N–H and O–H groups in total. The smallest absolute Gasteiger partial charge is 0.427 e. The largest absolute Gasteiger partial charge is 0.443 e. The second-order valence-corrected chi connectivity index (χ2v) is 7.03. The third kappa shape index (κ3) is 6.09. The van der Waals surface area contributed by atoms with E-state index in [1.165, 1.54) is 6.07 Å². The minimum absolute atomic E-state index is 0.129. The Hall–Kier alpha value is -2.38. The molecule has 0 bridgehead atoms. The molecule has 0 aromatic carbocycles. The lowest BCUT2D eigenvalue weighted by molar-refractivity contribution is 0.0427. The summed E-state index contributed by atoms with van der Waals surface area (Å²) in [5, 5.41) is 0. The number of carbonyl (C=O) groups is 2. The van der Waals surface area contributed by atoms with Crippen LogP contribution in [-0.4, -0.2) is 33.4 Å². The van der Waals surface area contributed by atoms with Gasteiger partial charge in [-0.15, -0.1) is 4.90 Å². The third-order valence-corrected chi connectivity index (χ3v) is 2.21. The van der Waals surface area contributed by atoms with Crippen LogP contribution in [0.4, 0.5) is 21.4 Å². The highest BCUT2D eigenvalue weighted by molar-refractivity contribution is 6.08. The molecule has 8 heteroatoms. The number of nitrogens with zero attached hydrogens (tertiary/aromatic N) is 3. The van der Waals surface area contributed by atoms with Gasteiger partial charge in [0.1, 0.15) is 17.0 Å². The molecule has 0 radical (unpaired) electrons. The van der Waals surface area contributed by atoms with E-state index >= 15 is 0 Å². The molecule has 8 nitrogen and oxygen atoms in total. The van der Waals surface area contributed by atoms with Gasteiger partial charge in [-0.3, -0.25) is 0 Å². The molecule has 0 spiro atoms. The number of aryl methyl sites for hydroxylation is 1. The van der Waals surface area contributed by atoms with Crippen molar-refractivity contribution in [2.75, 3.05) is 10.6 Å². The highest BCUT2D eigenvalue weighted by atomic mass is 16.6. The minimum Gasteiger partial charge on any atom is -0.443 e. The Morgan fingerprint density at radius 3 is 1.78 bits per heavy atom. The van der Waals surface area contributed by atoms with Crippen molar-refractivity contribution in [2.24, 2.45) is 0 Å². The number of anilines is 2. The average Bonchev–Trinajstić information content (AvgIpc) is 2.21. The predicted octanol–water partition coefficient (Wildman–Crippen LogP) is 3.04. The van der Waals surface area contributed by atoms with Crippen molar-refractivity contribution in [2.45, 2.75) is 59.7 Å². The number of hydrogen-bond acceptors (Lipinski definition) is 7. The van der Waals surface area contributed by atoms with Crippen molar-refractivity contribution < 1.29 is 19.1 Å². The van der Waals surface area contributed by atoms with Gasteiger partial charge in [0, 0.05) is 11.8 Å². The Morgan fingerprint density at radius 2 is 1.43 bits per heavy atom. The number of amides is 2. The highest BCUT2D eigenvalue weighted by Gasteiger charge is 2.34. The van der Waals surface area contributed by atoms with Gasteiger partial charge in [0.05, 0.1) is 0 Å². The fraction of sp³-hybridized carbons (Fsp3) is 0.600. The molecule has 23 heavy (non-hydrogen) atoms. The number of aromatic nitrogens is 2. The number of hydrogen-bond donors (Lipinski definition) is 1. The van der Waals surface area contributed by atoms with Crippen molar-refractivity contribution in [3.8, 4) is 0 Å². The van der Waals surface area contributed by atoms with Crippen molar-refractivity contribution in [1.29, 1.82) is 0 Å². The fourth-order valence-electron chi connectivity index (χ4n) is 1.53. The zero-order chi connectivity index (χ0) is 18.0. The van der Waals surface area contributed by atoms with Crippen LogP contribution in [0.15, 0.2) is 6.07 Å². The van der Waals surface area contributed by atoms with E-state index in [0.29, 0.717) is 10.6 Å². The van der Waals surface area contributed by atoms with Crippen LogP contribution in [0.1, 0.15) is 47.2 Å². The van der Waals surface area contributed by atoms with Gasteiger partial charge in [0.2, 0.25) is 5.95 Å². The predicted molar refractivity (Wildman–Crippen MR) is 86.1 cm³/mol. The Kier molecular flexibility index (Phi) is 5.19. The van der Waals surface area contributed by atoms with E-state index in [4.69, 9.17) is 15.2 Å². The Morgan fingerprint density at radius 1 is 1.00 bits per heavy atom. The van der Waals surface area contributed by atoms with E-state index in [1.54, 1.807) is 48.5 Å². The van der Waals surface area contributed by atoms with Crippen LogP contribution >= 0.6 is 0 Å². The standard InChI is InChI=1S/C15H24N4O4/c1-9-8-10(16)18-11(17-9)19(12(20)22-14(2,3)4)13(21)23-15(5,6)7/h8H,1-7H3,(H2,16,17,18). The summed E-state index contributed by atoms with van der Waals surface area (Å²) in [4.78, 5) is 33.4. The molecule has 0 aliphatic rings. The van der Waals surface area contributed by atoms with E-state index in [-0.39, 0.29) is 11.8 Å². The number of imide groups is 1. The molecular weight excluding hydrogens is 300 g/mol. The number of rotatable bonds is 1. The molecule has 1 aromatic rings. The molecule has 0 saturated carbocycles. The summed E-state index contributed by atoms with van der Waals surface area (Å²) in [5.41, 5.74) is 4.58. The molecular formula is C15H24N4O4. The fourth-order valence-corrected chi connectivity index (χ4v) is 1.53. The van der Waals surface area contributed by atoms with Crippen LogP contribution in [0, 0.1) is 6.92 Å². The van der Waals surface area contributed by atoms with Gasteiger partial charge in [0.25, 0.3) is 0 Å². The van der Waals surface area contributed by atoms with E-state index in [1.807, 2.05) is 0 Å². The molecule has 2 amide bonds. The zero-order valence-corrected chi connectivity index (χ0v) is 14.6. The number of carbonyl (C=O) groups excluding carboxylic acids is 2. The van der Waals surface area contributed by atoms with Gasteiger partial charge < -0.3 is 15.2 Å². The number of ether oxygens (including phenoxy) is 2. The monoisotopic (exact) mass is 324 g/mol. The summed E-state index contributed by atoms with van der Waals surface area (Å²) >= 11 is 0. The molecule has 0 aliphatic heterocycles. The summed E-state index contributed by atoms with van der Waals surface area (Å²) in [6.07, 6.45) is -1.87. The molecule has 0 aliphatic carbocycles. The van der Waals surface area contributed by atoms with Gasteiger partial charge in [-0.1, -0.05) is 0 Å². The molecule has 128 valence electrons. The molecule has 0 fully saturated rings. The van der Waals surface area contributed by atoms with Gasteiger partial charge >= 0.3 is 12.2 Å². The summed E-state index contributed by atoms with van der Waals surface area (Å²) in [6, 6.07) is 1.52. The maximum Gasteiger partial charge on any atom is 0.427 e. The first-order valence-corrected chi connectivity index (χ1v) is 7.16. The van der Waals surface area contributed by atoms with Crippen LogP contribution in [0.25, 0.3) is 0 Å². The lowest BCUT2D eigenvalue weighted by atomic mass is 10.2. The van der Waals surface area contributed by atoms with E-state index < -0.39 is 23.4 Å². The average molecular weight is 324 g/mol. The second kappa shape index (κ2) is 6.39. The first kappa shape index (κ1) is 18.7. The van der Waals surface area contributed by atoms with Crippen molar-refractivity contribution in [3.05, 3.63) is 11.8 Å². The Labute approximate surface area is 136 Å². The Bertz CT molecular complexity index is 554. The van der Waals surface area contributed by atoms with Crippen LogP contribution < -0.4 is 10.6 Å². The first-order chi connectivity index (χ1) is 10.3. The van der Waals surface area contributed by atoms with Gasteiger partial charge in [0.15, 0.2) is 0 Å².